The maximum absolute atomic E-state index is 13.4. The zero-order valence-corrected chi connectivity index (χ0v) is 21.6. The Morgan fingerprint density at radius 2 is 1.61 bits per heavy atom. The van der Waals surface area contributed by atoms with Crippen LogP contribution in [0.3, 0.4) is 0 Å². The molecule has 1 fully saturated rings. The lowest BCUT2D eigenvalue weighted by molar-refractivity contribution is -0.139. The predicted molar refractivity (Wildman–Crippen MR) is 135 cm³/mol. The van der Waals surface area contributed by atoms with Gasteiger partial charge in [0.15, 0.2) is 0 Å². The lowest BCUT2D eigenvalue weighted by Crippen LogP contribution is -2.48. The van der Waals surface area contributed by atoms with Crippen LogP contribution >= 0.6 is 0 Å². The number of aliphatic hydroxyl groups is 1. The van der Waals surface area contributed by atoms with E-state index in [0.29, 0.717) is 31.2 Å². The summed E-state index contributed by atoms with van der Waals surface area (Å²) in [5, 5.41) is 9.83. The van der Waals surface area contributed by atoms with Gasteiger partial charge in [0.05, 0.1) is 12.2 Å². The van der Waals surface area contributed by atoms with Crippen LogP contribution in [0.4, 0.5) is 13.2 Å². The van der Waals surface area contributed by atoms with Crippen LogP contribution in [0, 0.1) is 23.7 Å². The van der Waals surface area contributed by atoms with Crippen molar-refractivity contribution in [3.63, 3.8) is 0 Å². The van der Waals surface area contributed by atoms with Gasteiger partial charge in [0.2, 0.25) is 5.91 Å². The van der Waals surface area contributed by atoms with Crippen LogP contribution < -0.4 is 4.74 Å². The van der Waals surface area contributed by atoms with E-state index in [2.05, 4.69) is 45.0 Å². The number of rotatable bonds is 9. The summed E-state index contributed by atoms with van der Waals surface area (Å²) in [5.74, 6) is 0.739. The molecule has 1 N–H and O–H groups in total. The summed E-state index contributed by atoms with van der Waals surface area (Å²) < 4.78 is 44.1. The molecule has 0 spiro atoms. The Morgan fingerprint density at radius 3 is 2.17 bits per heavy atom. The van der Waals surface area contributed by atoms with E-state index in [1.54, 1.807) is 0 Å². The quantitative estimate of drug-likeness (QED) is 0.443. The molecule has 7 heteroatoms. The second-order valence-electron chi connectivity index (χ2n) is 10.6. The molecule has 0 aliphatic carbocycles. The third-order valence-corrected chi connectivity index (χ3v) is 7.15. The standard InChI is InChI=1S/C29H38F3NO3/c1-19(2)13-22-5-7-25(8-6-22)20(3)21(4)28(35)33-15-23(17-34)14-24(16-33)18-36-27-11-9-26(10-12-27)29(30,31)32/h5-12,19-21,23-24,34H,13-18H2,1-4H3. The Bertz CT molecular complexity index is 973. The molecule has 0 bridgehead atoms. The van der Waals surface area contributed by atoms with Crippen molar-refractivity contribution in [2.75, 3.05) is 26.3 Å². The smallest absolute Gasteiger partial charge is 0.416 e. The van der Waals surface area contributed by atoms with Crippen molar-refractivity contribution in [1.29, 1.82) is 0 Å². The molecule has 2 aromatic rings. The Morgan fingerprint density at radius 1 is 1.00 bits per heavy atom. The van der Waals surface area contributed by atoms with Gasteiger partial charge in [0, 0.05) is 37.5 Å². The van der Waals surface area contributed by atoms with E-state index in [9.17, 15) is 23.1 Å². The maximum Gasteiger partial charge on any atom is 0.416 e. The van der Waals surface area contributed by atoms with Crippen molar-refractivity contribution in [3.05, 3.63) is 65.2 Å². The molecule has 1 heterocycles. The first-order valence-corrected chi connectivity index (χ1v) is 12.8. The molecular formula is C29H38F3NO3. The van der Waals surface area contributed by atoms with Gasteiger partial charge in [-0.25, -0.2) is 0 Å². The Balaban J connectivity index is 1.61. The SMILES string of the molecule is CC(C)Cc1ccc(C(C)C(C)C(=O)N2CC(CO)CC(COc3ccc(C(F)(F)F)cc3)C2)cc1. The molecule has 1 amide bonds. The predicted octanol–water partition coefficient (Wildman–Crippen LogP) is 6.18. The molecule has 4 nitrogen and oxygen atoms in total. The highest BCUT2D eigenvalue weighted by Crippen LogP contribution is 2.32. The number of nitrogens with zero attached hydrogens (tertiary/aromatic N) is 1. The molecule has 198 valence electrons. The van der Waals surface area contributed by atoms with Crippen LogP contribution in [0.5, 0.6) is 5.75 Å². The minimum Gasteiger partial charge on any atom is -0.493 e. The van der Waals surface area contributed by atoms with Gasteiger partial charge in [0.25, 0.3) is 0 Å². The second kappa shape index (κ2) is 12.1. The van der Waals surface area contributed by atoms with E-state index >= 15 is 0 Å². The van der Waals surface area contributed by atoms with Gasteiger partial charge in [-0.05, 0) is 60.1 Å². The van der Waals surface area contributed by atoms with E-state index < -0.39 is 11.7 Å². The molecule has 0 radical (unpaired) electrons. The number of amides is 1. The average Bonchev–Trinajstić information content (AvgIpc) is 2.85. The summed E-state index contributed by atoms with van der Waals surface area (Å²) in [6, 6.07) is 13.1. The monoisotopic (exact) mass is 505 g/mol. The summed E-state index contributed by atoms with van der Waals surface area (Å²) in [6.45, 7) is 9.64. The lowest BCUT2D eigenvalue weighted by atomic mass is 9.85. The number of piperidine rings is 1. The third kappa shape index (κ3) is 7.48. The van der Waals surface area contributed by atoms with Gasteiger partial charge < -0.3 is 14.7 Å². The molecule has 3 rings (SSSR count). The first-order chi connectivity index (χ1) is 17.0. The van der Waals surface area contributed by atoms with Gasteiger partial charge in [-0.2, -0.15) is 13.2 Å². The molecule has 4 atom stereocenters. The summed E-state index contributed by atoms with van der Waals surface area (Å²) in [6.07, 6.45) is -2.67. The van der Waals surface area contributed by atoms with Crippen LogP contribution in [-0.4, -0.2) is 42.2 Å². The molecule has 0 aromatic heterocycles. The minimum absolute atomic E-state index is 0.0139. The fourth-order valence-electron chi connectivity index (χ4n) is 4.92. The largest absolute Gasteiger partial charge is 0.493 e. The zero-order chi connectivity index (χ0) is 26.5. The fraction of sp³-hybridized carbons (Fsp3) is 0.552. The van der Waals surface area contributed by atoms with Crippen molar-refractivity contribution >= 4 is 5.91 Å². The molecule has 2 aromatic carbocycles. The fourth-order valence-corrected chi connectivity index (χ4v) is 4.92. The highest BCUT2D eigenvalue weighted by atomic mass is 19.4. The highest BCUT2D eigenvalue weighted by Gasteiger charge is 2.34. The number of benzene rings is 2. The van der Waals surface area contributed by atoms with Crippen molar-refractivity contribution in [2.24, 2.45) is 23.7 Å². The summed E-state index contributed by atoms with van der Waals surface area (Å²) in [7, 11) is 0. The second-order valence-corrected chi connectivity index (χ2v) is 10.6. The van der Waals surface area contributed by atoms with Gasteiger partial charge in [-0.3, -0.25) is 4.79 Å². The number of alkyl halides is 3. The molecule has 1 aliphatic rings. The summed E-state index contributed by atoms with van der Waals surface area (Å²) in [5.41, 5.74) is 1.70. The number of halogens is 3. The molecule has 36 heavy (non-hydrogen) atoms. The number of carbonyl (C=O) groups is 1. The first kappa shape index (κ1) is 28.0. The Hall–Kier alpha value is -2.54. The Labute approximate surface area is 212 Å². The van der Waals surface area contributed by atoms with Gasteiger partial charge in [-0.1, -0.05) is 52.0 Å². The van der Waals surface area contributed by atoms with Crippen LogP contribution in [0.2, 0.25) is 0 Å². The average molecular weight is 506 g/mol. The number of carbonyl (C=O) groups excluding carboxylic acids is 1. The highest BCUT2D eigenvalue weighted by molar-refractivity contribution is 5.79. The summed E-state index contributed by atoms with van der Waals surface area (Å²) in [4.78, 5) is 15.3. The normalized spacial score (nSPS) is 20.3. The zero-order valence-electron chi connectivity index (χ0n) is 21.6. The van der Waals surface area contributed by atoms with Gasteiger partial charge in [0.1, 0.15) is 5.75 Å². The van der Waals surface area contributed by atoms with Gasteiger partial charge >= 0.3 is 6.18 Å². The molecule has 1 aliphatic heterocycles. The van der Waals surface area contributed by atoms with Gasteiger partial charge in [-0.15, -0.1) is 0 Å². The number of ether oxygens (including phenoxy) is 1. The van der Waals surface area contributed by atoms with Crippen LogP contribution in [-0.2, 0) is 17.4 Å². The maximum atomic E-state index is 13.4. The van der Waals surface area contributed by atoms with Crippen LogP contribution in [0.15, 0.2) is 48.5 Å². The van der Waals surface area contributed by atoms with Crippen molar-refractivity contribution in [1.82, 2.24) is 4.90 Å². The van der Waals surface area contributed by atoms with Crippen molar-refractivity contribution < 1.29 is 27.8 Å². The van der Waals surface area contributed by atoms with Crippen molar-refractivity contribution in [3.8, 4) is 5.75 Å². The van der Waals surface area contributed by atoms with Crippen LogP contribution in [0.1, 0.15) is 56.7 Å². The van der Waals surface area contributed by atoms with Crippen LogP contribution in [0.25, 0.3) is 0 Å². The van der Waals surface area contributed by atoms with E-state index in [4.69, 9.17) is 4.74 Å². The molecule has 4 unspecified atom stereocenters. The molecular weight excluding hydrogens is 467 g/mol. The third-order valence-electron chi connectivity index (χ3n) is 7.15. The van der Waals surface area contributed by atoms with E-state index in [-0.39, 0.29) is 42.8 Å². The molecule has 1 saturated heterocycles. The number of hydrogen-bond acceptors (Lipinski definition) is 3. The lowest BCUT2D eigenvalue weighted by Gasteiger charge is -2.39. The number of aliphatic hydroxyl groups excluding tert-OH is 1. The summed E-state index contributed by atoms with van der Waals surface area (Å²) >= 11 is 0. The van der Waals surface area contributed by atoms with E-state index in [0.717, 1.165) is 24.1 Å². The Kier molecular flexibility index (Phi) is 9.45. The first-order valence-electron chi connectivity index (χ1n) is 12.8. The topological polar surface area (TPSA) is 49.8 Å². The van der Waals surface area contributed by atoms with E-state index in [1.807, 2.05) is 11.8 Å². The van der Waals surface area contributed by atoms with Crippen molar-refractivity contribution in [2.45, 2.75) is 52.6 Å². The number of likely N-dealkylation sites (tertiary alicyclic amines) is 1. The minimum atomic E-state index is -4.39. The molecule has 0 saturated carbocycles. The number of hydrogen-bond donors (Lipinski definition) is 1. The van der Waals surface area contributed by atoms with E-state index in [1.165, 1.54) is 17.7 Å².